The number of nitrogen functional groups attached to an aromatic ring is 1. The van der Waals surface area contributed by atoms with Crippen LogP contribution in [0.2, 0.25) is 0 Å². The van der Waals surface area contributed by atoms with Crippen molar-refractivity contribution in [1.29, 1.82) is 0 Å². The number of hydrogen-bond donors (Lipinski definition) is 2. The van der Waals surface area contributed by atoms with E-state index in [9.17, 15) is 23.1 Å². The number of amides is 1. The number of halogens is 3. The van der Waals surface area contributed by atoms with Crippen LogP contribution in [0.3, 0.4) is 0 Å². The van der Waals surface area contributed by atoms with Crippen LogP contribution in [0.1, 0.15) is 33.1 Å². The molecular formula is C21H18F3N3O3. The molecule has 1 atom stereocenters. The molecule has 156 valence electrons. The first-order chi connectivity index (χ1) is 14.2. The fourth-order valence-electron chi connectivity index (χ4n) is 3.53. The third-order valence-electron chi connectivity index (χ3n) is 5.23. The number of likely N-dealkylation sites (N-methyl/N-ethyl adjacent to an activating group) is 1. The zero-order valence-electron chi connectivity index (χ0n) is 15.9. The molecule has 0 bridgehead atoms. The van der Waals surface area contributed by atoms with Gasteiger partial charge < -0.3 is 20.5 Å². The predicted molar refractivity (Wildman–Crippen MR) is 104 cm³/mol. The summed E-state index contributed by atoms with van der Waals surface area (Å²) in [6.45, 7) is -0.206. The van der Waals surface area contributed by atoms with Crippen LogP contribution in [0.15, 0.2) is 42.5 Å². The van der Waals surface area contributed by atoms with Crippen molar-refractivity contribution in [1.82, 2.24) is 9.88 Å². The van der Waals surface area contributed by atoms with Gasteiger partial charge >= 0.3 is 6.18 Å². The standard InChI is InChI=1S/C21H18F3N3O3/c1-27(17-10-30-18-8-14(21(22,23)24)3-4-15(17)18)20(29)11-2-5-16-12(6-11)7-13(9-28)19(25)26-16/h2-8,17,28H,9-10H2,1H3,(H2,25,26). The number of ether oxygens (including phenoxy) is 1. The second-order valence-corrected chi connectivity index (χ2v) is 7.09. The van der Waals surface area contributed by atoms with Gasteiger partial charge in [0.2, 0.25) is 0 Å². The minimum Gasteiger partial charge on any atom is -0.491 e. The lowest BCUT2D eigenvalue weighted by atomic mass is 10.0. The molecular weight excluding hydrogens is 399 g/mol. The smallest absolute Gasteiger partial charge is 0.416 e. The van der Waals surface area contributed by atoms with E-state index < -0.39 is 17.8 Å². The summed E-state index contributed by atoms with van der Waals surface area (Å²) in [4.78, 5) is 18.7. The number of aromatic nitrogens is 1. The Hall–Kier alpha value is -3.33. The Morgan fingerprint density at radius 1 is 1.27 bits per heavy atom. The van der Waals surface area contributed by atoms with Gasteiger partial charge in [0.15, 0.2) is 0 Å². The van der Waals surface area contributed by atoms with Crippen molar-refractivity contribution in [2.45, 2.75) is 18.8 Å². The summed E-state index contributed by atoms with van der Waals surface area (Å²) < 4.78 is 44.2. The maximum absolute atomic E-state index is 13.0. The minimum atomic E-state index is -4.46. The lowest BCUT2D eigenvalue weighted by molar-refractivity contribution is -0.137. The number of hydrogen-bond acceptors (Lipinski definition) is 5. The molecule has 3 aromatic rings. The lowest BCUT2D eigenvalue weighted by Crippen LogP contribution is -2.32. The number of aliphatic hydroxyl groups excluding tert-OH is 1. The van der Waals surface area contributed by atoms with E-state index >= 15 is 0 Å². The third kappa shape index (κ3) is 3.41. The molecule has 0 fully saturated rings. The number of alkyl halides is 3. The van der Waals surface area contributed by atoms with Crippen LogP contribution in [0.4, 0.5) is 19.0 Å². The lowest BCUT2D eigenvalue weighted by Gasteiger charge is -2.24. The van der Waals surface area contributed by atoms with Gasteiger partial charge in [0.05, 0.1) is 23.7 Å². The van der Waals surface area contributed by atoms with E-state index in [0.29, 0.717) is 27.6 Å². The number of anilines is 1. The van der Waals surface area contributed by atoms with Gasteiger partial charge in [0.1, 0.15) is 18.2 Å². The Balaban J connectivity index is 1.63. The summed E-state index contributed by atoms with van der Waals surface area (Å²) in [5, 5.41) is 10.0. The van der Waals surface area contributed by atoms with Crippen molar-refractivity contribution < 1.29 is 27.8 Å². The summed E-state index contributed by atoms with van der Waals surface area (Å²) in [6.07, 6.45) is -4.46. The molecule has 6 nitrogen and oxygen atoms in total. The summed E-state index contributed by atoms with van der Waals surface area (Å²) >= 11 is 0. The van der Waals surface area contributed by atoms with Crippen LogP contribution in [-0.4, -0.2) is 34.6 Å². The van der Waals surface area contributed by atoms with E-state index in [2.05, 4.69) is 4.98 Å². The molecule has 1 unspecified atom stereocenters. The third-order valence-corrected chi connectivity index (χ3v) is 5.23. The summed E-state index contributed by atoms with van der Waals surface area (Å²) in [5.74, 6) is 0.0278. The topological polar surface area (TPSA) is 88.7 Å². The number of carbonyl (C=O) groups is 1. The zero-order valence-corrected chi connectivity index (χ0v) is 15.9. The van der Waals surface area contributed by atoms with E-state index in [-0.39, 0.29) is 30.7 Å². The molecule has 0 spiro atoms. The molecule has 1 aliphatic rings. The van der Waals surface area contributed by atoms with Gasteiger partial charge in [-0.2, -0.15) is 13.2 Å². The SMILES string of the molecule is CN(C(=O)c1ccc2nc(N)c(CO)cc2c1)C1COc2cc(C(F)(F)F)ccc21. The molecule has 30 heavy (non-hydrogen) atoms. The fourth-order valence-corrected chi connectivity index (χ4v) is 3.53. The maximum atomic E-state index is 13.0. The second-order valence-electron chi connectivity index (χ2n) is 7.09. The number of pyridine rings is 1. The highest BCUT2D eigenvalue weighted by Gasteiger charge is 2.35. The Bertz CT molecular complexity index is 1150. The molecule has 2 heterocycles. The van der Waals surface area contributed by atoms with Crippen LogP contribution >= 0.6 is 0 Å². The zero-order chi connectivity index (χ0) is 21.6. The summed E-state index contributed by atoms with van der Waals surface area (Å²) in [7, 11) is 1.58. The summed E-state index contributed by atoms with van der Waals surface area (Å²) in [5.41, 5.74) is 6.92. The highest BCUT2D eigenvalue weighted by atomic mass is 19.4. The quantitative estimate of drug-likeness (QED) is 0.681. The van der Waals surface area contributed by atoms with Crippen molar-refractivity contribution in [3.05, 3.63) is 64.7 Å². The molecule has 1 aliphatic heterocycles. The van der Waals surface area contributed by atoms with Crippen molar-refractivity contribution in [3.8, 4) is 5.75 Å². The van der Waals surface area contributed by atoms with E-state index in [1.54, 1.807) is 31.3 Å². The highest BCUT2D eigenvalue weighted by molar-refractivity contribution is 5.98. The Morgan fingerprint density at radius 3 is 2.73 bits per heavy atom. The summed E-state index contributed by atoms with van der Waals surface area (Å²) in [6, 6.07) is 9.35. The van der Waals surface area contributed by atoms with Crippen molar-refractivity contribution in [2.75, 3.05) is 19.4 Å². The van der Waals surface area contributed by atoms with Crippen LogP contribution in [0, 0.1) is 0 Å². The number of carbonyl (C=O) groups excluding carboxylic acids is 1. The molecule has 9 heteroatoms. The second kappa shape index (κ2) is 7.17. The fraction of sp³-hybridized carbons (Fsp3) is 0.238. The van der Waals surface area contributed by atoms with E-state index in [1.165, 1.54) is 11.0 Å². The molecule has 2 aromatic carbocycles. The molecule has 3 N–H and O–H groups in total. The average Bonchev–Trinajstić information content (AvgIpc) is 3.14. The highest BCUT2D eigenvalue weighted by Crippen LogP contribution is 2.40. The van der Waals surface area contributed by atoms with Crippen molar-refractivity contribution in [2.24, 2.45) is 0 Å². The molecule has 1 amide bonds. The minimum absolute atomic E-state index is 0.0687. The van der Waals surface area contributed by atoms with Crippen LogP contribution < -0.4 is 10.5 Å². The molecule has 0 radical (unpaired) electrons. The van der Waals surface area contributed by atoms with Crippen LogP contribution in [0.5, 0.6) is 5.75 Å². The monoisotopic (exact) mass is 417 g/mol. The predicted octanol–water partition coefficient (Wildman–Crippen LogP) is 3.53. The average molecular weight is 417 g/mol. The van der Waals surface area contributed by atoms with E-state index in [1.807, 2.05) is 0 Å². The maximum Gasteiger partial charge on any atom is 0.416 e. The number of benzene rings is 2. The van der Waals surface area contributed by atoms with E-state index in [4.69, 9.17) is 10.5 Å². The number of aliphatic hydroxyl groups is 1. The van der Waals surface area contributed by atoms with Crippen molar-refractivity contribution >= 4 is 22.6 Å². The number of nitrogens with two attached hydrogens (primary N) is 1. The molecule has 0 aliphatic carbocycles. The molecule has 0 saturated carbocycles. The molecule has 1 aromatic heterocycles. The first-order valence-corrected chi connectivity index (χ1v) is 9.10. The van der Waals surface area contributed by atoms with Crippen molar-refractivity contribution in [3.63, 3.8) is 0 Å². The van der Waals surface area contributed by atoms with Gasteiger partial charge in [-0.3, -0.25) is 4.79 Å². The van der Waals surface area contributed by atoms with Gasteiger partial charge in [-0.05, 0) is 36.4 Å². The van der Waals surface area contributed by atoms with Gasteiger partial charge in [0, 0.05) is 29.1 Å². The van der Waals surface area contributed by atoms with Gasteiger partial charge in [-0.25, -0.2) is 4.98 Å². The van der Waals surface area contributed by atoms with Crippen LogP contribution in [-0.2, 0) is 12.8 Å². The Kier molecular flexibility index (Phi) is 4.77. The van der Waals surface area contributed by atoms with Gasteiger partial charge in [0.25, 0.3) is 5.91 Å². The van der Waals surface area contributed by atoms with Gasteiger partial charge in [-0.15, -0.1) is 0 Å². The first kappa shape index (κ1) is 20.0. The van der Waals surface area contributed by atoms with Gasteiger partial charge in [-0.1, -0.05) is 6.07 Å². The number of fused-ring (bicyclic) bond motifs is 2. The Labute approximate surface area is 169 Å². The largest absolute Gasteiger partial charge is 0.491 e. The number of rotatable bonds is 3. The van der Waals surface area contributed by atoms with E-state index in [0.717, 1.165) is 12.1 Å². The molecule has 0 saturated heterocycles. The molecule has 4 rings (SSSR count). The normalized spacial score (nSPS) is 15.7. The van der Waals surface area contributed by atoms with Crippen LogP contribution in [0.25, 0.3) is 10.9 Å². The first-order valence-electron chi connectivity index (χ1n) is 9.10. The Morgan fingerprint density at radius 2 is 2.03 bits per heavy atom. The number of nitrogens with zero attached hydrogens (tertiary/aromatic N) is 2.